The van der Waals surface area contributed by atoms with Crippen molar-refractivity contribution >= 4 is 11.6 Å². The highest BCUT2D eigenvalue weighted by Gasteiger charge is 2.00. The third-order valence-electron chi connectivity index (χ3n) is 1.23. The first-order chi connectivity index (χ1) is 4.83. The van der Waals surface area contributed by atoms with Crippen molar-refractivity contribution in [3.63, 3.8) is 0 Å². The highest BCUT2D eigenvalue weighted by molar-refractivity contribution is 6.18. The molecule has 0 aliphatic rings. The maximum absolute atomic E-state index is 5.61. The Morgan fingerprint density at radius 1 is 1.70 bits per heavy atom. The molecule has 1 unspecified atom stereocenters. The van der Waals surface area contributed by atoms with Crippen LogP contribution in [0.3, 0.4) is 0 Å². The molecule has 4 heteroatoms. The molecule has 3 nitrogen and oxygen atoms in total. The average Bonchev–Trinajstić information content (AvgIpc) is 2.40. The molecule has 56 valence electrons. The molecule has 0 radical (unpaired) electrons. The molecule has 0 bridgehead atoms. The van der Waals surface area contributed by atoms with Gasteiger partial charge in [-0.2, -0.15) is 0 Å². The van der Waals surface area contributed by atoms with Gasteiger partial charge in [0.25, 0.3) is 0 Å². The Kier molecular flexibility index (Phi) is 2.68. The maximum Gasteiger partial charge on any atom is 0.0692 e. The Morgan fingerprint density at radius 3 is 3.00 bits per heavy atom. The van der Waals surface area contributed by atoms with E-state index in [1.807, 2.05) is 6.20 Å². The van der Waals surface area contributed by atoms with Crippen molar-refractivity contribution in [2.75, 3.05) is 5.88 Å². The molecule has 0 saturated heterocycles. The van der Waals surface area contributed by atoms with Crippen LogP contribution in [0.25, 0.3) is 0 Å². The molecular formula is C6H10ClN3. The zero-order chi connectivity index (χ0) is 7.40. The van der Waals surface area contributed by atoms with E-state index < -0.39 is 0 Å². The number of rotatable bonds is 3. The maximum atomic E-state index is 5.61. The van der Waals surface area contributed by atoms with E-state index in [4.69, 9.17) is 11.6 Å². The summed E-state index contributed by atoms with van der Waals surface area (Å²) >= 11 is 5.61. The van der Waals surface area contributed by atoms with Crippen molar-refractivity contribution in [3.8, 4) is 0 Å². The monoisotopic (exact) mass is 159 g/mol. The summed E-state index contributed by atoms with van der Waals surface area (Å²) in [5.41, 5.74) is 0. The van der Waals surface area contributed by atoms with Gasteiger partial charge >= 0.3 is 0 Å². The fourth-order valence-corrected chi connectivity index (χ4v) is 0.796. The smallest absolute Gasteiger partial charge is 0.0692 e. The Morgan fingerprint density at radius 2 is 2.50 bits per heavy atom. The first-order valence-electron chi connectivity index (χ1n) is 3.23. The predicted octanol–water partition coefficient (Wildman–Crippen LogP) is 1.15. The number of aromatic nitrogens is 3. The van der Waals surface area contributed by atoms with E-state index in [0.29, 0.717) is 11.8 Å². The van der Waals surface area contributed by atoms with Gasteiger partial charge in [-0.3, -0.25) is 4.68 Å². The number of nitrogens with zero attached hydrogens (tertiary/aromatic N) is 3. The van der Waals surface area contributed by atoms with Gasteiger partial charge < -0.3 is 0 Å². The minimum Gasteiger partial charge on any atom is -0.252 e. The molecular weight excluding hydrogens is 150 g/mol. The van der Waals surface area contributed by atoms with Crippen LogP contribution in [0.1, 0.15) is 6.92 Å². The van der Waals surface area contributed by atoms with Crippen LogP contribution < -0.4 is 0 Å². The lowest BCUT2D eigenvalue weighted by Gasteiger charge is -2.04. The quantitative estimate of drug-likeness (QED) is 0.620. The van der Waals surface area contributed by atoms with E-state index >= 15 is 0 Å². The van der Waals surface area contributed by atoms with Crippen molar-refractivity contribution in [1.29, 1.82) is 0 Å². The summed E-state index contributed by atoms with van der Waals surface area (Å²) in [6.45, 7) is 2.93. The lowest BCUT2D eigenvalue weighted by Crippen LogP contribution is -2.09. The van der Waals surface area contributed by atoms with Gasteiger partial charge in [-0.15, -0.1) is 16.7 Å². The van der Waals surface area contributed by atoms with Crippen molar-refractivity contribution in [3.05, 3.63) is 12.4 Å². The van der Waals surface area contributed by atoms with Gasteiger partial charge in [-0.25, -0.2) is 0 Å². The van der Waals surface area contributed by atoms with Crippen molar-refractivity contribution in [2.45, 2.75) is 13.5 Å². The summed E-state index contributed by atoms with van der Waals surface area (Å²) < 4.78 is 1.78. The number of hydrogen-bond donors (Lipinski definition) is 0. The lowest BCUT2D eigenvalue weighted by atomic mass is 10.2. The fraction of sp³-hybridized carbons (Fsp3) is 0.667. The third kappa shape index (κ3) is 1.99. The molecule has 0 spiro atoms. The third-order valence-corrected chi connectivity index (χ3v) is 1.76. The van der Waals surface area contributed by atoms with Crippen LogP contribution >= 0.6 is 11.6 Å². The van der Waals surface area contributed by atoms with Crippen LogP contribution in [-0.2, 0) is 6.54 Å². The Balaban J connectivity index is 2.40. The molecule has 0 aliphatic heterocycles. The van der Waals surface area contributed by atoms with Crippen LogP contribution in [0.4, 0.5) is 0 Å². The van der Waals surface area contributed by atoms with Gasteiger partial charge in [-0.1, -0.05) is 12.1 Å². The molecule has 1 rings (SSSR count). The molecule has 10 heavy (non-hydrogen) atoms. The highest BCUT2D eigenvalue weighted by Crippen LogP contribution is 2.00. The normalized spacial score (nSPS) is 13.4. The van der Waals surface area contributed by atoms with E-state index in [0.717, 1.165) is 6.54 Å². The second-order valence-corrected chi connectivity index (χ2v) is 2.69. The Hall–Kier alpha value is -0.570. The van der Waals surface area contributed by atoms with E-state index in [-0.39, 0.29) is 0 Å². The van der Waals surface area contributed by atoms with Crippen LogP contribution in [-0.4, -0.2) is 20.9 Å². The predicted molar refractivity (Wildman–Crippen MR) is 39.9 cm³/mol. The van der Waals surface area contributed by atoms with Crippen LogP contribution in [0.5, 0.6) is 0 Å². The minimum absolute atomic E-state index is 0.461. The molecule has 0 aliphatic carbocycles. The second kappa shape index (κ2) is 3.56. The summed E-state index contributed by atoms with van der Waals surface area (Å²) in [7, 11) is 0. The second-order valence-electron chi connectivity index (χ2n) is 2.38. The lowest BCUT2D eigenvalue weighted by molar-refractivity contribution is 0.476. The first-order valence-corrected chi connectivity index (χ1v) is 3.76. The van der Waals surface area contributed by atoms with Gasteiger partial charge in [0.15, 0.2) is 0 Å². The molecule has 0 amide bonds. The highest BCUT2D eigenvalue weighted by atomic mass is 35.5. The van der Waals surface area contributed by atoms with Crippen LogP contribution in [0.2, 0.25) is 0 Å². The van der Waals surface area contributed by atoms with Crippen molar-refractivity contribution in [1.82, 2.24) is 15.0 Å². The zero-order valence-corrected chi connectivity index (χ0v) is 6.62. The Labute approximate surface area is 65.0 Å². The molecule has 1 atom stereocenters. The Bertz CT molecular complexity index is 173. The van der Waals surface area contributed by atoms with E-state index in [1.54, 1.807) is 10.9 Å². The summed E-state index contributed by atoms with van der Waals surface area (Å²) in [5, 5.41) is 7.49. The summed E-state index contributed by atoms with van der Waals surface area (Å²) in [6, 6.07) is 0. The standard InChI is InChI=1S/C6H10ClN3/c1-6(4-7)5-10-3-2-8-9-10/h2-3,6H,4-5H2,1H3. The van der Waals surface area contributed by atoms with E-state index in [9.17, 15) is 0 Å². The van der Waals surface area contributed by atoms with Gasteiger partial charge in [0.05, 0.1) is 6.20 Å². The van der Waals surface area contributed by atoms with Crippen LogP contribution in [0, 0.1) is 5.92 Å². The molecule has 1 heterocycles. The topological polar surface area (TPSA) is 30.7 Å². The largest absolute Gasteiger partial charge is 0.252 e. The zero-order valence-electron chi connectivity index (χ0n) is 5.87. The molecule has 1 aromatic rings. The van der Waals surface area contributed by atoms with Crippen LogP contribution in [0.15, 0.2) is 12.4 Å². The molecule has 0 fully saturated rings. The summed E-state index contributed by atoms with van der Waals surface area (Å²) in [4.78, 5) is 0. The SMILES string of the molecule is CC(CCl)Cn1ccnn1. The van der Waals surface area contributed by atoms with Crippen molar-refractivity contribution < 1.29 is 0 Å². The van der Waals surface area contributed by atoms with Gasteiger partial charge in [0.2, 0.25) is 0 Å². The first kappa shape index (κ1) is 7.54. The fourth-order valence-electron chi connectivity index (χ4n) is 0.698. The van der Waals surface area contributed by atoms with Gasteiger partial charge in [0.1, 0.15) is 0 Å². The number of hydrogen-bond acceptors (Lipinski definition) is 2. The van der Waals surface area contributed by atoms with Crippen molar-refractivity contribution in [2.24, 2.45) is 5.92 Å². The van der Waals surface area contributed by atoms with Gasteiger partial charge in [-0.05, 0) is 5.92 Å². The molecule has 1 aromatic heterocycles. The molecule has 0 saturated carbocycles. The van der Waals surface area contributed by atoms with E-state index in [1.165, 1.54) is 0 Å². The van der Waals surface area contributed by atoms with Gasteiger partial charge in [0, 0.05) is 18.6 Å². The minimum atomic E-state index is 0.461. The summed E-state index contributed by atoms with van der Waals surface area (Å²) in [6.07, 6.45) is 3.50. The average molecular weight is 160 g/mol. The van der Waals surface area contributed by atoms with E-state index in [2.05, 4.69) is 17.2 Å². The molecule has 0 N–H and O–H groups in total. The number of alkyl halides is 1. The molecule has 0 aromatic carbocycles. The summed E-state index contributed by atoms with van der Waals surface area (Å²) in [5.74, 6) is 1.13. The number of halogens is 1.